The summed E-state index contributed by atoms with van der Waals surface area (Å²) in [6, 6.07) is 2.28. The minimum absolute atomic E-state index is 0.148. The van der Waals surface area contributed by atoms with Crippen molar-refractivity contribution in [3.05, 3.63) is 34.6 Å². The molecule has 0 saturated carbocycles. The summed E-state index contributed by atoms with van der Waals surface area (Å²) in [5, 5.41) is 10.4. The van der Waals surface area contributed by atoms with Crippen molar-refractivity contribution < 1.29 is 12.8 Å². The Morgan fingerprint density at radius 1 is 1.19 bits per heavy atom. The molecule has 1 rings (SSSR count). The van der Waals surface area contributed by atoms with E-state index < -0.39 is 15.6 Å². The van der Waals surface area contributed by atoms with Gasteiger partial charge < -0.3 is 0 Å². The predicted molar refractivity (Wildman–Crippen MR) is 64.9 cm³/mol. The van der Waals surface area contributed by atoms with Gasteiger partial charge >= 0.3 is 108 Å². The number of rotatable bonds is 3. The van der Waals surface area contributed by atoms with Crippen molar-refractivity contribution in [3.63, 3.8) is 0 Å². The third-order valence-corrected chi connectivity index (χ3v) is 4.73. The van der Waals surface area contributed by atoms with Gasteiger partial charge in [0.05, 0.1) is 0 Å². The first-order valence-electron chi connectivity index (χ1n) is 3.56. The van der Waals surface area contributed by atoms with E-state index in [1.165, 1.54) is 0 Å². The van der Waals surface area contributed by atoms with Gasteiger partial charge in [-0.15, -0.1) is 0 Å². The Balaban J connectivity index is 2.98. The molecule has 0 spiro atoms. The second-order valence-corrected chi connectivity index (χ2v) is 47.7. The molecule has 0 aliphatic carbocycles. The van der Waals surface area contributed by atoms with E-state index in [2.05, 4.69) is 0 Å². The molecule has 0 N–H and O–H groups in total. The summed E-state index contributed by atoms with van der Waals surface area (Å²) in [7, 11) is 21.7. The van der Waals surface area contributed by atoms with Gasteiger partial charge in [-0.2, -0.15) is 0 Å². The summed E-state index contributed by atoms with van der Waals surface area (Å²) in [5.74, 6) is 0. The number of hydrogen-bond acceptors (Lipinski definition) is 3. The quantitative estimate of drug-likeness (QED) is 0.315. The van der Waals surface area contributed by atoms with Gasteiger partial charge in [-0.05, 0) is 0 Å². The number of pyridine rings is 1. The first kappa shape index (κ1) is 14.7. The molecule has 16 heavy (non-hydrogen) atoms. The van der Waals surface area contributed by atoms with Gasteiger partial charge in [-0.25, -0.2) is 0 Å². The van der Waals surface area contributed by atoms with E-state index in [4.69, 9.17) is 47.3 Å². The van der Waals surface area contributed by atoms with Gasteiger partial charge in [-0.1, -0.05) is 0 Å². The molecule has 0 aromatic carbocycles. The fraction of sp³-hybridized carbons (Fsp3) is 0. The van der Waals surface area contributed by atoms with Crippen LogP contribution >= 0.6 is 44.1 Å². The molecule has 5 nitrogen and oxygen atoms in total. The van der Waals surface area contributed by atoms with Crippen LogP contribution in [-0.2, 0) is 0 Å². The first-order chi connectivity index (χ1) is 6.86. The Morgan fingerprint density at radius 2 is 1.62 bits per heavy atom. The van der Waals surface area contributed by atoms with E-state index in [-0.39, 0.29) is 5.69 Å². The molecule has 0 aliphatic heterocycles. The van der Waals surface area contributed by atoms with Crippen molar-refractivity contribution in [2.45, 2.75) is 0 Å². The first-order valence-corrected chi connectivity index (χ1v) is 20.8. The standard InChI is InChI=1S/C5H4N2O3.5ClH.Sb/c8-6-3-1-5(2-4-6)7(9)10;;;;;;/h1-4H;5*1H;/q;;;;;;+5/p-5. The summed E-state index contributed by atoms with van der Waals surface area (Å²) in [6.07, 6.45) is 2.31. The molecule has 0 atom stereocenters. The average molecular weight is 439 g/mol. The van der Waals surface area contributed by atoms with Gasteiger partial charge in [0.1, 0.15) is 0 Å². The molecule has 0 unspecified atom stereocenters. The van der Waals surface area contributed by atoms with Crippen LogP contribution in [0.1, 0.15) is 0 Å². The van der Waals surface area contributed by atoms with Crippen LogP contribution in [0.15, 0.2) is 24.5 Å². The molecule has 1 heterocycles. The molecule has 0 amide bonds. The minimum atomic E-state index is -6.08. The van der Waals surface area contributed by atoms with Crippen molar-refractivity contribution in [2.75, 3.05) is 0 Å². The van der Waals surface area contributed by atoms with Crippen LogP contribution in [-0.4, -0.2) is 15.6 Å². The zero-order chi connectivity index (χ0) is 12.7. The van der Waals surface area contributed by atoms with E-state index in [9.17, 15) is 10.1 Å². The number of nitrogens with zero attached hydrogens (tertiary/aromatic N) is 2. The average Bonchev–Trinajstić information content (AvgIpc) is 1.99. The van der Waals surface area contributed by atoms with E-state index in [0.717, 1.165) is 29.3 Å². The summed E-state index contributed by atoms with van der Waals surface area (Å²) >= 11 is 0. The van der Waals surface area contributed by atoms with Gasteiger partial charge in [0.15, 0.2) is 0 Å². The van der Waals surface area contributed by atoms with Crippen molar-refractivity contribution in [3.8, 4) is 0 Å². The second-order valence-electron chi connectivity index (χ2n) is 2.74. The zero-order valence-electron chi connectivity index (χ0n) is 7.27. The summed E-state index contributed by atoms with van der Waals surface area (Å²) < 4.78 is 5.73. The molecule has 0 fully saturated rings. The van der Waals surface area contributed by atoms with Gasteiger partial charge in [0.2, 0.25) is 0 Å². The van der Waals surface area contributed by atoms with E-state index >= 15 is 0 Å². The maximum absolute atomic E-state index is 10.4. The molecule has 0 aliphatic rings. The van der Waals surface area contributed by atoms with Crippen LogP contribution < -0.4 is 7.85 Å². The molecule has 1 aromatic rings. The summed E-state index contributed by atoms with van der Waals surface area (Å²) in [4.78, 5) is 9.77. The Bertz CT molecular complexity index is 429. The molecular formula is C5H4Cl5N2O3Sb. The predicted octanol–water partition coefficient (Wildman–Crippen LogP) is 2.84. The Kier molecular flexibility index (Phi) is 3.49. The maximum atomic E-state index is 10.4. The monoisotopic (exact) mass is 436 g/mol. The Morgan fingerprint density at radius 3 is 1.94 bits per heavy atom. The van der Waals surface area contributed by atoms with Crippen molar-refractivity contribution >= 4 is 60.5 Å². The Labute approximate surface area is 107 Å². The van der Waals surface area contributed by atoms with Crippen molar-refractivity contribution in [1.82, 2.24) is 0 Å². The topological polar surface area (TPSA) is 56.2 Å². The van der Waals surface area contributed by atoms with Crippen LogP contribution in [0.3, 0.4) is 0 Å². The van der Waals surface area contributed by atoms with Crippen LogP contribution in [0.5, 0.6) is 0 Å². The molecule has 11 heteroatoms. The van der Waals surface area contributed by atoms with Crippen LogP contribution in [0, 0.1) is 10.1 Å². The fourth-order valence-corrected chi connectivity index (χ4v) is 4.48. The van der Waals surface area contributed by atoms with E-state index in [1.54, 1.807) is 0 Å². The molecule has 92 valence electrons. The molecule has 1 aromatic heterocycles. The Hall–Kier alpha value is 0.618. The van der Waals surface area contributed by atoms with E-state index in [0.29, 0.717) is 0 Å². The van der Waals surface area contributed by atoms with E-state index in [1.807, 2.05) is 0 Å². The van der Waals surface area contributed by atoms with Crippen molar-refractivity contribution in [2.24, 2.45) is 0 Å². The zero-order valence-corrected chi connectivity index (χ0v) is 13.6. The summed E-state index contributed by atoms with van der Waals surface area (Å²) in [5.41, 5.74) is -0.148. The van der Waals surface area contributed by atoms with Gasteiger partial charge in [0.25, 0.3) is 0 Å². The van der Waals surface area contributed by atoms with Crippen LogP contribution in [0.25, 0.3) is 0 Å². The van der Waals surface area contributed by atoms with Gasteiger partial charge in [0, 0.05) is 0 Å². The molecule has 0 saturated heterocycles. The van der Waals surface area contributed by atoms with Crippen molar-refractivity contribution in [1.29, 1.82) is 0 Å². The number of halogens is 5. The normalized spacial score (nSPS) is 16.1. The number of nitro groups is 1. The molecule has 0 bridgehead atoms. The second kappa shape index (κ2) is 3.80. The fourth-order valence-electron chi connectivity index (χ4n) is 0.759. The number of aromatic nitrogens is 1. The number of hydrogen-bond donors (Lipinski definition) is 0. The molecular weight excluding hydrogens is 435 g/mol. The van der Waals surface area contributed by atoms with Gasteiger partial charge in [-0.3, -0.25) is 0 Å². The molecule has 0 radical (unpaired) electrons. The summed E-state index contributed by atoms with van der Waals surface area (Å²) in [6.45, 7) is 0. The van der Waals surface area contributed by atoms with Crippen LogP contribution in [0.4, 0.5) is 5.69 Å². The third-order valence-electron chi connectivity index (χ3n) is 1.24. The SMILES string of the molecule is O=[N+]([O-])c1cc[n+]([O][Sb-]([Cl])([Cl])([Cl])([Cl])[Cl])cc1. The third kappa shape index (κ3) is 5.80. The van der Waals surface area contributed by atoms with Crippen LogP contribution in [0.2, 0.25) is 0 Å².